The third kappa shape index (κ3) is 5.22. The molecule has 0 aromatic heterocycles. The van der Waals surface area contributed by atoms with E-state index in [2.05, 4.69) is 10.6 Å². The van der Waals surface area contributed by atoms with Gasteiger partial charge in [-0.25, -0.2) is 8.42 Å². The van der Waals surface area contributed by atoms with Crippen LogP contribution in [0.2, 0.25) is 0 Å². The van der Waals surface area contributed by atoms with E-state index in [1.165, 1.54) is 13.8 Å². The standard InChI is InChI=1S/C18H25F3N2O3S/c1-17(2,9-11-23-16(24)15-8-3-4-10-22-15)27(25,26)14-7-5-6-13(12-14)18(19,20)21/h5-7,12,15,22H,3-4,8-11H2,1-2H3,(H,23,24)/t15-/m0/s1. The van der Waals surface area contributed by atoms with Gasteiger partial charge in [-0.15, -0.1) is 0 Å². The van der Waals surface area contributed by atoms with Gasteiger partial charge in [0.05, 0.1) is 21.2 Å². The summed E-state index contributed by atoms with van der Waals surface area (Å²) in [6.07, 6.45) is -1.81. The summed E-state index contributed by atoms with van der Waals surface area (Å²) in [5.74, 6) is -0.179. The summed E-state index contributed by atoms with van der Waals surface area (Å²) in [5, 5.41) is 5.83. The lowest BCUT2D eigenvalue weighted by Gasteiger charge is -2.27. The lowest BCUT2D eigenvalue weighted by atomic mass is 10.0. The predicted molar refractivity (Wildman–Crippen MR) is 96.0 cm³/mol. The Morgan fingerprint density at radius 1 is 1.26 bits per heavy atom. The minimum atomic E-state index is -4.61. The van der Waals surface area contributed by atoms with E-state index in [9.17, 15) is 26.4 Å². The summed E-state index contributed by atoms with van der Waals surface area (Å²) >= 11 is 0. The third-order valence-corrected chi connectivity index (χ3v) is 7.39. The fraction of sp³-hybridized carbons (Fsp3) is 0.611. The van der Waals surface area contributed by atoms with Crippen LogP contribution >= 0.6 is 0 Å². The highest BCUT2D eigenvalue weighted by Gasteiger charge is 2.38. The summed E-state index contributed by atoms with van der Waals surface area (Å²) < 4.78 is 62.9. The fourth-order valence-corrected chi connectivity index (χ4v) is 4.53. The van der Waals surface area contributed by atoms with Gasteiger partial charge in [-0.3, -0.25) is 4.79 Å². The molecule has 0 saturated carbocycles. The lowest BCUT2D eigenvalue weighted by molar-refractivity contribution is -0.137. The second-order valence-corrected chi connectivity index (χ2v) is 9.92. The van der Waals surface area contributed by atoms with Crippen molar-refractivity contribution in [1.82, 2.24) is 10.6 Å². The maximum atomic E-state index is 12.9. The van der Waals surface area contributed by atoms with Crippen LogP contribution in [-0.4, -0.2) is 38.2 Å². The van der Waals surface area contributed by atoms with Crippen LogP contribution in [0.3, 0.4) is 0 Å². The van der Waals surface area contributed by atoms with E-state index in [0.717, 1.165) is 44.0 Å². The lowest BCUT2D eigenvalue weighted by Crippen LogP contribution is -2.47. The molecule has 1 aromatic rings. The summed E-state index contributed by atoms with van der Waals surface area (Å²) in [6, 6.07) is 3.46. The van der Waals surface area contributed by atoms with Gasteiger partial charge in [0.15, 0.2) is 9.84 Å². The zero-order chi connectivity index (χ0) is 20.3. The van der Waals surface area contributed by atoms with Gasteiger partial charge in [-0.1, -0.05) is 12.5 Å². The van der Waals surface area contributed by atoms with E-state index >= 15 is 0 Å². The zero-order valence-corrected chi connectivity index (χ0v) is 16.2. The van der Waals surface area contributed by atoms with Crippen molar-refractivity contribution in [3.05, 3.63) is 29.8 Å². The van der Waals surface area contributed by atoms with E-state index in [1.807, 2.05) is 0 Å². The molecule has 2 rings (SSSR count). The van der Waals surface area contributed by atoms with Crippen LogP contribution in [0.25, 0.3) is 0 Å². The van der Waals surface area contributed by atoms with Gasteiger partial charge in [0.1, 0.15) is 0 Å². The Bertz CT molecular complexity index is 770. The summed E-state index contributed by atoms with van der Waals surface area (Å²) in [6.45, 7) is 3.80. The molecule has 5 nitrogen and oxygen atoms in total. The molecule has 1 aliphatic heterocycles. The van der Waals surface area contributed by atoms with Gasteiger partial charge in [-0.05, 0) is 57.9 Å². The van der Waals surface area contributed by atoms with Crippen molar-refractivity contribution in [3.63, 3.8) is 0 Å². The topological polar surface area (TPSA) is 75.3 Å². The number of carbonyl (C=O) groups is 1. The van der Waals surface area contributed by atoms with Crippen molar-refractivity contribution < 1.29 is 26.4 Å². The second-order valence-electron chi connectivity index (χ2n) is 7.33. The van der Waals surface area contributed by atoms with Crippen molar-refractivity contribution in [2.45, 2.75) is 61.4 Å². The molecule has 0 aliphatic carbocycles. The zero-order valence-electron chi connectivity index (χ0n) is 15.4. The van der Waals surface area contributed by atoms with Crippen molar-refractivity contribution >= 4 is 15.7 Å². The van der Waals surface area contributed by atoms with Crippen LogP contribution in [0.5, 0.6) is 0 Å². The van der Waals surface area contributed by atoms with Gasteiger partial charge in [-0.2, -0.15) is 13.2 Å². The number of halogens is 3. The minimum Gasteiger partial charge on any atom is -0.355 e. The highest BCUT2D eigenvalue weighted by atomic mass is 32.2. The monoisotopic (exact) mass is 406 g/mol. The Morgan fingerprint density at radius 3 is 2.56 bits per heavy atom. The van der Waals surface area contributed by atoms with Crippen LogP contribution in [0.15, 0.2) is 29.2 Å². The number of piperidine rings is 1. The maximum Gasteiger partial charge on any atom is 0.416 e. The number of benzene rings is 1. The molecule has 2 N–H and O–H groups in total. The van der Waals surface area contributed by atoms with Crippen molar-refractivity contribution in [2.24, 2.45) is 0 Å². The van der Waals surface area contributed by atoms with Gasteiger partial charge in [0.25, 0.3) is 0 Å². The molecule has 1 heterocycles. The van der Waals surface area contributed by atoms with Crippen LogP contribution < -0.4 is 10.6 Å². The SMILES string of the molecule is CC(C)(CCNC(=O)[C@@H]1CCCCN1)S(=O)(=O)c1cccc(C(F)(F)F)c1. The van der Waals surface area contributed by atoms with Gasteiger partial charge >= 0.3 is 6.18 Å². The van der Waals surface area contributed by atoms with E-state index in [-0.39, 0.29) is 29.8 Å². The summed E-state index contributed by atoms with van der Waals surface area (Å²) in [5.41, 5.74) is -1.00. The fourth-order valence-electron chi connectivity index (χ4n) is 2.98. The molecule has 27 heavy (non-hydrogen) atoms. The molecule has 9 heteroatoms. The normalized spacial score (nSPS) is 18.9. The first-order chi connectivity index (χ1) is 12.4. The highest BCUT2D eigenvalue weighted by Crippen LogP contribution is 2.34. The van der Waals surface area contributed by atoms with E-state index in [4.69, 9.17) is 0 Å². The van der Waals surface area contributed by atoms with E-state index in [0.29, 0.717) is 6.07 Å². The number of rotatable bonds is 6. The third-order valence-electron chi connectivity index (χ3n) is 4.85. The number of hydrogen-bond donors (Lipinski definition) is 2. The Morgan fingerprint density at radius 2 is 1.96 bits per heavy atom. The molecule has 0 radical (unpaired) electrons. The molecule has 0 bridgehead atoms. The molecule has 0 spiro atoms. The van der Waals surface area contributed by atoms with Gasteiger partial charge in [0, 0.05) is 6.54 Å². The Hall–Kier alpha value is -1.61. The smallest absolute Gasteiger partial charge is 0.355 e. The highest BCUT2D eigenvalue weighted by molar-refractivity contribution is 7.92. The molecule has 152 valence electrons. The molecular formula is C18H25F3N2O3S. The van der Waals surface area contributed by atoms with Crippen LogP contribution in [0.4, 0.5) is 13.2 Å². The van der Waals surface area contributed by atoms with Gasteiger partial charge < -0.3 is 10.6 Å². The Balaban J connectivity index is 2.05. The number of carbonyl (C=O) groups excluding carboxylic acids is 1. The first kappa shape index (κ1) is 21.7. The number of hydrogen-bond acceptors (Lipinski definition) is 4. The number of alkyl halides is 3. The summed E-state index contributed by atoms with van der Waals surface area (Å²) in [7, 11) is -4.01. The number of nitrogens with one attached hydrogen (secondary N) is 2. The largest absolute Gasteiger partial charge is 0.416 e. The minimum absolute atomic E-state index is 0.0873. The first-order valence-electron chi connectivity index (χ1n) is 8.88. The van der Waals surface area contributed by atoms with E-state index < -0.39 is 26.3 Å². The Kier molecular flexibility index (Phi) is 6.57. The maximum absolute atomic E-state index is 12.9. The molecular weight excluding hydrogens is 381 g/mol. The van der Waals surface area contributed by atoms with Crippen molar-refractivity contribution in [1.29, 1.82) is 0 Å². The average molecular weight is 406 g/mol. The first-order valence-corrected chi connectivity index (χ1v) is 10.4. The Labute approximate surface area is 157 Å². The quantitative estimate of drug-likeness (QED) is 0.762. The van der Waals surface area contributed by atoms with Crippen molar-refractivity contribution in [2.75, 3.05) is 13.1 Å². The molecule has 1 fully saturated rings. The molecule has 1 saturated heterocycles. The molecule has 1 aliphatic rings. The molecule has 1 atom stereocenters. The predicted octanol–water partition coefficient (Wildman–Crippen LogP) is 2.91. The van der Waals surface area contributed by atoms with Gasteiger partial charge in [0.2, 0.25) is 5.91 Å². The summed E-state index contributed by atoms with van der Waals surface area (Å²) in [4.78, 5) is 11.7. The van der Waals surface area contributed by atoms with E-state index in [1.54, 1.807) is 0 Å². The number of sulfone groups is 1. The molecule has 0 unspecified atom stereocenters. The molecule has 1 aromatic carbocycles. The van der Waals surface area contributed by atoms with Crippen molar-refractivity contribution in [3.8, 4) is 0 Å². The average Bonchev–Trinajstić information content (AvgIpc) is 2.61. The van der Waals surface area contributed by atoms with Crippen LogP contribution in [-0.2, 0) is 20.8 Å². The van der Waals surface area contributed by atoms with Crippen LogP contribution in [0.1, 0.15) is 45.1 Å². The van der Waals surface area contributed by atoms with Crippen LogP contribution in [0, 0.1) is 0 Å². The second kappa shape index (κ2) is 8.18. The molecule has 1 amide bonds. The number of amides is 1.